The second-order valence-corrected chi connectivity index (χ2v) is 10.4. The van der Waals surface area contributed by atoms with E-state index in [4.69, 9.17) is 0 Å². The van der Waals surface area contributed by atoms with Crippen molar-refractivity contribution in [2.24, 2.45) is 0 Å². The lowest BCUT2D eigenvalue weighted by Crippen LogP contribution is -2.14. The Balaban J connectivity index is 2.89. The van der Waals surface area contributed by atoms with E-state index in [1.165, 1.54) is 31.3 Å². The molecular formula is C12H25P2+. The molecule has 0 nitrogen and oxygen atoms in total. The van der Waals surface area contributed by atoms with Gasteiger partial charge in [-0.05, 0) is 32.0 Å². The molecule has 2 heteroatoms. The first-order chi connectivity index (χ1) is 6.66. The molecule has 0 saturated carbocycles. The van der Waals surface area contributed by atoms with Gasteiger partial charge in [-0.25, -0.2) is 0 Å². The van der Waals surface area contributed by atoms with Gasteiger partial charge in [0.25, 0.3) is 0 Å². The molecule has 0 saturated heterocycles. The average Bonchev–Trinajstić information content (AvgIpc) is 2.15. The summed E-state index contributed by atoms with van der Waals surface area (Å²) in [7, 11) is 0.488. The summed E-state index contributed by atoms with van der Waals surface area (Å²) in [6.45, 7) is 9.54. The molecule has 1 unspecified atom stereocenters. The predicted octanol–water partition coefficient (Wildman–Crippen LogP) is 4.77. The van der Waals surface area contributed by atoms with Crippen LogP contribution in [0.15, 0.2) is 10.6 Å². The normalized spacial score (nSPS) is 23.1. The maximum Gasteiger partial charge on any atom is 0.0715 e. The van der Waals surface area contributed by atoms with E-state index in [1.807, 2.05) is 5.31 Å². The summed E-state index contributed by atoms with van der Waals surface area (Å²) < 4.78 is 0. The van der Waals surface area contributed by atoms with E-state index >= 15 is 0 Å². The summed E-state index contributed by atoms with van der Waals surface area (Å²) in [5.41, 5.74) is 0. The van der Waals surface area contributed by atoms with Gasteiger partial charge < -0.3 is 0 Å². The highest BCUT2D eigenvalue weighted by Gasteiger charge is 2.40. The number of hydrogen-bond donors (Lipinski definition) is 0. The molecule has 0 aromatic heterocycles. The van der Waals surface area contributed by atoms with Gasteiger partial charge in [0.2, 0.25) is 0 Å². The lowest BCUT2D eigenvalue weighted by atomic mass is 10.5. The summed E-state index contributed by atoms with van der Waals surface area (Å²) >= 11 is 0. The SMILES string of the molecule is CCC[P+]1(CCC)CCPC(C)=C1C. The standard InChI is InChI=1S/C12H25P2/c1-5-8-14(9-6-2)10-7-13-11(3)12(14)4/h13H,5-10H2,1-4H3/q+1. The first-order valence-corrected chi connectivity index (χ1v) is 9.49. The van der Waals surface area contributed by atoms with Crippen molar-refractivity contribution in [3.8, 4) is 0 Å². The highest BCUT2D eigenvalue weighted by atomic mass is 31.2. The van der Waals surface area contributed by atoms with Crippen LogP contribution >= 0.6 is 15.8 Å². The molecular weight excluding hydrogens is 206 g/mol. The van der Waals surface area contributed by atoms with Gasteiger partial charge >= 0.3 is 0 Å². The Morgan fingerprint density at radius 2 is 1.71 bits per heavy atom. The van der Waals surface area contributed by atoms with Crippen LogP contribution in [0.1, 0.15) is 40.5 Å². The van der Waals surface area contributed by atoms with E-state index in [0.717, 1.165) is 8.58 Å². The molecule has 1 atom stereocenters. The van der Waals surface area contributed by atoms with Gasteiger partial charge in [0.05, 0.1) is 23.8 Å². The Labute approximate surface area is 92.1 Å². The van der Waals surface area contributed by atoms with E-state index in [1.54, 1.807) is 11.5 Å². The van der Waals surface area contributed by atoms with Crippen LogP contribution in [0.2, 0.25) is 0 Å². The fourth-order valence-electron chi connectivity index (χ4n) is 2.64. The van der Waals surface area contributed by atoms with Gasteiger partial charge in [0.1, 0.15) is 0 Å². The molecule has 82 valence electrons. The quantitative estimate of drug-likeness (QED) is 0.611. The van der Waals surface area contributed by atoms with Crippen molar-refractivity contribution in [2.75, 3.05) is 24.6 Å². The molecule has 1 aliphatic heterocycles. The van der Waals surface area contributed by atoms with Gasteiger partial charge in [-0.2, -0.15) is 0 Å². The van der Waals surface area contributed by atoms with E-state index in [9.17, 15) is 0 Å². The Bertz CT molecular complexity index is 212. The smallest absolute Gasteiger partial charge is 0.0715 e. The van der Waals surface area contributed by atoms with Crippen LogP contribution < -0.4 is 0 Å². The zero-order valence-corrected chi connectivity index (χ0v) is 12.1. The van der Waals surface area contributed by atoms with Crippen molar-refractivity contribution in [1.29, 1.82) is 0 Å². The zero-order valence-electron chi connectivity index (χ0n) is 10.2. The van der Waals surface area contributed by atoms with Crippen molar-refractivity contribution in [3.63, 3.8) is 0 Å². The van der Waals surface area contributed by atoms with Crippen LogP contribution in [-0.2, 0) is 0 Å². The van der Waals surface area contributed by atoms with Crippen LogP contribution in [0.25, 0.3) is 0 Å². The Kier molecular flexibility index (Phi) is 5.09. The van der Waals surface area contributed by atoms with Crippen LogP contribution in [0, 0.1) is 0 Å². The second-order valence-electron chi connectivity index (χ2n) is 4.45. The molecule has 14 heavy (non-hydrogen) atoms. The molecule has 1 heterocycles. The molecule has 1 aliphatic rings. The summed E-state index contributed by atoms with van der Waals surface area (Å²) in [6.07, 6.45) is 8.89. The zero-order chi connectivity index (χ0) is 10.6. The molecule has 0 aromatic carbocycles. The highest BCUT2D eigenvalue weighted by molar-refractivity contribution is 7.81. The third-order valence-electron chi connectivity index (χ3n) is 3.49. The molecule has 0 bridgehead atoms. The minimum Gasteiger partial charge on any atom is -0.0876 e. The van der Waals surface area contributed by atoms with E-state index in [0.29, 0.717) is 0 Å². The predicted molar refractivity (Wildman–Crippen MR) is 73.7 cm³/mol. The molecule has 0 aromatic rings. The fraction of sp³-hybridized carbons (Fsp3) is 0.833. The van der Waals surface area contributed by atoms with Crippen LogP contribution in [-0.4, -0.2) is 24.6 Å². The Morgan fingerprint density at radius 3 is 2.21 bits per heavy atom. The molecule has 1 rings (SSSR count). The maximum absolute atomic E-state index is 2.45. The molecule has 0 N–H and O–H groups in total. The van der Waals surface area contributed by atoms with Crippen molar-refractivity contribution in [2.45, 2.75) is 40.5 Å². The van der Waals surface area contributed by atoms with Crippen LogP contribution in [0.5, 0.6) is 0 Å². The third kappa shape index (κ3) is 2.59. The lowest BCUT2D eigenvalue weighted by Gasteiger charge is -2.32. The van der Waals surface area contributed by atoms with E-state index < -0.39 is 7.26 Å². The topological polar surface area (TPSA) is 0 Å². The Morgan fingerprint density at radius 1 is 1.14 bits per heavy atom. The second kappa shape index (κ2) is 5.62. The number of allylic oxidation sites excluding steroid dienone is 2. The number of hydrogen-bond acceptors (Lipinski definition) is 0. The molecule has 0 radical (unpaired) electrons. The number of rotatable bonds is 4. The van der Waals surface area contributed by atoms with Crippen molar-refractivity contribution in [3.05, 3.63) is 10.6 Å². The molecule has 0 aliphatic carbocycles. The first kappa shape index (κ1) is 12.7. The van der Waals surface area contributed by atoms with E-state index in [2.05, 4.69) is 27.7 Å². The van der Waals surface area contributed by atoms with Gasteiger partial charge in [0.15, 0.2) is 0 Å². The molecule has 0 spiro atoms. The largest absolute Gasteiger partial charge is 0.0876 e. The fourth-order valence-corrected chi connectivity index (χ4v) is 10.5. The van der Waals surface area contributed by atoms with Crippen LogP contribution in [0.4, 0.5) is 0 Å². The van der Waals surface area contributed by atoms with Crippen LogP contribution in [0.3, 0.4) is 0 Å². The van der Waals surface area contributed by atoms with Crippen molar-refractivity contribution in [1.82, 2.24) is 0 Å². The third-order valence-corrected chi connectivity index (χ3v) is 11.0. The van der Waals surface area contributed by atoms with Gasteiger partial charge in [-0.1, -0.05) is 22.4 Å². The van der Waals surface area contributed by atoms with Crippen molar-refractivity contribution >= 4 is 15.8 Å². The first-order valence-electron chi connectivity index (χ1n) is 5.94. The van der Waals surface area contributed by atoms with E-state index in [-0.39, 0.29) is 0 Å². The molecule has 0 amide bonds. The van der Waals surface area contributed by atoms with Gasteiger partial charge in [0, 0.05) is 13.4 Å². The summed E-state index contributed by atoms with van der Waals surface area (Å²) in [6, 6.07) is 0. The summed E-state index contributed by atoms with van der Waals surface area (Å²) in [4.78, 5) is 0. The lowest BCUT2D eigenvalue weighted by molar-refractivity contribution is 1.03. The average molecular weight is 231 g/mol. The minimum atomic E-state index is -0.651. The van der Waals surface area contributed by atoms with Gasteiger partial charge in [-0.15, -0.1) is 0 Å². The Hall–Kier alpha value is 0.600. The summed E-state index contributed by atoms with van der Waals surface area (Å²) in [5.74, 6) is 0. The molecule has 0 fully saturated rings. The van der Waals surface area contributed by atoms with Gasteiger partial charge in [-0.3, -0.25) is 0 Å². The van der Waals surface area contributed by atoms with Crippen molar-refractivity contribution < 1.29 is 0 Å². The monoisotopic (exact) mass is 231 g/mol. The summed E-state index contributed by atoms with van der Waals surface area (Å²) in [5, 5.41) is 3.61. The minimum absolute atomic E-state index is 0.651. The maximum atomic E-state index is 2.45. The highest BCUT2D eigenvalue weighted by Crippen LogP contribution is 2.70.